The van der Waals surface area contributed by atoms with Crippen LogP contribution in [0.4, 0.5) is 0 Å². The van der Waals surface area contributed by atoms with Crippen molar-refractivity contribution in [3.63, 3.8) is 0 Å². The second-order valence-electron chi connectivity index (χ2n) is 16.4. The minimum atomic E-state index is -0.948. The molecule has 0 aliphatic carbocycles. The molecule has 1 N–H and O–H groups in total. The molecule has 0 aromatic heterocycles. The molecule has 0 bridgehead atoms. The smallest absolute Gasteiger partial charge is 0.306 e. The number of Topliss-reactive ketones (excluding diaryl/α,β-unsaturated/α-hetero) is 3. The molecular weight excluding hydrogens is 638 g/mol. The van der Waals surface area contributed by atoms with Gasteiger partial charge in [-0.05, 0) is 49.0 Å². The molecule has 1 aromatic rings. The molecule has 1 fully saturated rings. The van der Waals surface area contributed by atoms with Crippen molar-refractivity contribution < 1.29 is 38.3 Å². The van der Waals surface area contributed by atoms with E-state index in [4.69, 9.17) is 4.74 Å². The first-order valence-electron chi connectivity index (χ1n) is 17.7. The lowest BCUT2D eigenvalue weighted by atomic mass is 9.77. The van der Waals surface area contributed by atoms with Gasteiger partial charge in [0.1, 0.15) is 6.04 Å². The van der Waals surface area contributed by atoms with E-state index in [0.717, 1.165) is 0 Å². The molecule has 4 atom stereocenters. The number of nitrogens with one attached hydrogen (secondary N) is 1. The Morgan fingerprint density at radius 1 is 0.940 bits per heavy atom. The molecule has 50 heavy (non-hydrogen) atoms. The fraction of sp³-hybridized carbons (Fsp3) is 0.667. The Labute approximate surface area is 298 Å². The molecule has 278 valence electrons. The second-order valence-corrected chi connectivity index (χ2v) is 16.4. The molecule has 0 spiro atoms. The third kappa shape index (κ3) is 12.5. The van der Waals surface area contributed by atoms with Crippen molar-refractivity contribution in [3.8, 4) is 0 Å². The molecule has 1 unspecified atom stereocenters. The van der Waals surface area contributed by atoms with Gasteiger partial charge < -0.3 is 19.9 Å². The molecule has 1 aliphatic rings. The van der Waals surface area contributed by atoms with Crippen molar-refractivity contribution in [1.82, 2.24) is 15.1 Å². The zero-order valence-electron chi connectivity index (χ0n) is 32.0. The number of ketones is 3. The van der Waals surface area contributed by atoms with Crippen molar-refractivity contribution in [2.75, 3.05) is 20.6 Å². The molecule has 2 rings (SSSR count). The van der Waals surface area contributed by atoms with Crippen LogP contribution in [0.2, 0.25) is 0 Å². The number of amides is 3. The van der Waals surface area contributed by atoms with Crippen molar-refractivity contribution >= 4 is 41.0 Å². The molecule has 1 saturated heterocycles. The van der Waals surface area contributed by atoms with E-state index in [2.05, 4.69) is 5.32 Å². The lowest BCUT2D eigenvalue weighted by Crippen LogP contribution is -2.48. The number of likely N-dealkylation sites (tertiary alicyclic amines) is 1. The van der Waals surface area contributed by atoms with Gasteiger partial charge in [-0.2, -0.15) is 0 Å². The maximum atomic E-state index is 14.1. The summed E-state index contributed by atoms with van der Waals surface area (Å²) in [5.74, 6) is -5.12. The summed E-state index contributed by atoms with van der Waals surface area (Å²) in [6.45, 7) is 17.2. The number of hydrogen-bond donors (Lipinski definition) is 1. The molecule has 3 amide bonds. The van der Waals surface area contributed by atoms with E-state index in [1.54, 1.807) is 63.2 Å². The molecule has 0 radical (unpaired) electrons. The number of nitrogens with zero attached hydrogens (tertiary/aromatic N) is 2. The van der Waals surface area contributed by atoms with E-state index >= 15 is 0 Å². The third-order valence-corrected chi connectivity index (χ3v) is 9.01. The number of ether oxygens (including phenoxy) is 1. The minimum Gasteiger partial charge on any atom is -0.463 e. The number of benzene rings is 1. The Bertz CT molecular complexity index is 1390. The minimum absolute atomic E-state index is 0.00785. The molecule has 0 saturated carbocycles. The number of carbonyl (C=O) groups excluding carboxylic acids is 7. The Morgan fingerprint density at radius 2 is 1.54 bits per heavy atom. The lowest BCUT2D eigenvalue weighted by Gasteiger charge is -2.35. The van der Waals surface area contributed by atoms with Gasteiger partial charge in [0, 0.05) is 45.8 Å². The Morgan fingerprint density at radius 3 is 2.06 bits per heavy atom. The highest BCUT2D eigenvalue weighted by Gasteiger charge is 2.48. The largest absolute Gasteiger partial charge is 0.463 e. The third-order valence-electron chi connectivity index (χ3n) is 9.01. The van der Waals surface area contributed by atoms with Crippen LogP contribution in [-0.4, -0.2) is 83.6 Å². The maximum absolute atomic E-state index is 14.1. The van der Waals surface area contributed by atoms with Crippen molar-refractivity contribution in [1.29, 1.82) is 0 Å². The van der Waals surface area contributed by atoms with E-state index < -0.39 is 52.8 Å². The topological polar surface area (TPSA) is 147 Å². The number of hydrogen-bond acceptors (Lipinski definition) is 8. The van der Waals surface area contributed by atoms with E-state index in [9.17, 15) is 33.6 Å². The normalized spacial score (nSPS) is 17.5. The van der Waals surface area contributed by atoms with Crippen LogP contribution in [0.3, 0.4) is 0 Å². The molecule has 1 heterocycles. The van der Waals surface area contributed by atoms with Gasteiger partial charge in [0.25, 0.3) is 0 Å². The summed E-state index contributed by atoms with van der Waals surface area (Å²) in [7, 11) is 3.16. The van der Waals surface area contributed by atoms with Crippen LogP contribution in [0.1, 0.15) is 112 Å². The zero-order valence-corrected chi connectivity index (χ0v) is 32.0. The van der Waals surface area contributed by atoms with Crippen LogP contribution >= 0.6 is 0 Å². The number of likely N-dealkylation sites (N-methyl/N-ethyl adjacent to an activating group) is 1. The second kappa shape index (κ2) is 17.9. The van der Waals surface area contributed by atoms with Crippen LogP contribution in [0.25, 0.3) is 0 Å². The summed E-state index contributed by atoms with van der Waals surface area (Å²) in [6, 6.07) is 6.99. The van der Waals surface area contributed by atoms with E-state index in [-0.39, 0.29) is 67.1 Å². The summed E-state index contributed by atoms with van der Waals surface area (Å²) in [5, 5.41) is 2.69. The van der Waals surface area contributed by atoms with Gasteiger partial charge in [-0.1, -0.05) is 78.8 Å². The van der Waals surface area contributed by atoms with Gasteiger partial charge >= 0.3 is 5.97 Å². The van der Waals surface area contributed by atoms with Crippen molar-refractivity contribution in [2.45, 2.75) is 119 Å². The van der Waals surface area contributed by atoms with Crippen LogP contribution in [0.15, 0.2) is 30.3 Å². The van der Waals surface area contributed by atoms with Gasteiger partial charge in [0.15, 0.2) is 11.6 Å². The lowest BCUT2D eigenvalue weighted by molar-refractivity contribution is -0.155. The molecule has 11 heteroatoms. The highest BCUT2D eigenvalue weighted by atomic mass is 16.5. The summed E-state index contributed by atoms with van der Waals surface area (Å²) in [4.78, 5) is 96.2. The first-order valence-corrected chi connectivity index (χ1v) is 17.7. The maximum Gasteiger partial charge on any atom is 0.306 e. The average Bonchev–Trinajstić information content (AvgIpc) is 3.34. The standard InChI is InChI=1S/C39H59N3O8/c1-24(2)19-27(35(47)30(43)17-18-32(45)40-34(37(49)41(10)11)26-15-13-12-14-16-26)20-31(44)29-22-39(8,9)23-42(29)36(48)28(38(5,6)7)21-33(46)50-25(3)4/h12-16,24-25,27-29,34H,17-23H2,1-11H3,(H,40,45)/t27?,28-,29+,34+/m1/s1. The summed E-state index contributed by atoms with van der Waals surface area (Å²) < 4.78 is 5.35. The summed E-state index contributed by atoms with van der Waals surface area (Å²) in [6.07, 6.45) is -0.673. The quantitative estimate of drug-likeness (QED) is 0.175. The van der Waals surface area contributed by atoms with Gasteiger partial charge in [0.2, 0.25) is 23.5 Å². The predicted molar refractivity (Wildman–Crippen MR) is 191 cm³/mol. The van der Waals surface area contributed by atoms with E-state index in [0.29, 0.717) is 18.5 Å². The number of esters is 1. The van der Waals surface area contributed by atoms with Crippen LogP contribution in [0.5, 0.6) is 0 Å². The van der Waals surface area contributed by atoms with Gasteiger partial charge in [0.05, 0.1) is 24.5 Å². The number of carbonyl (C=O) groups is 7. The molecule has 1 aliphatic heterocycles. The van der Waals surface area contributed by atoms with E-state index in [1.165, 1.54) is 4.90 Å². The average molecular weight is 698 g/mol. The Kier molecular flexibility index (Phi) is 15.1. The Balaban J connectivity index is 2.21. The summed E-state index contributed by atoms with van der Waals surface area (Å²) >= 11 is 0. The Hall–Kier alpha value is -3.89. The zero-order chi connectivity index (χ0) is 38.1. The number of rotatable bonds is 17. The highest BCUT2D eigenvalue weighted by Crippen LogP contribution is 2.40. The van der Waals surface area contributed by atoms with Gasteiger partial charge in [-0.25, -0.2) is 0 Å². The predicted octanol–water partition coefficient (Wildman–Crippen LogP) is 5.10. The SMILES string of the molecule is CC(C)CC(CC(=O)[C@@H]1CC(C)(C)CN1C(=O)[C@@H](CC(=O)OC(C)C)C(C)(C)C)C(=O)C(=O)CCC(=O)N[C@H](C(=O)N(C)C)c1ccccc1. The fourth-order valence-electron chi connectivity index (χ4n) is 6.46. The van der Waals surface area contributed by atoms with Crippen molar-refractivity contribution in [3.05, 3.63) is 35.9 Å². The van der Waals surface area contributed by atoms with E-state index in [1.807, 2.05) is 48.5 Å². The van der Waals surface area contributed by atoms with Crippen LogP contribution < -0.4 is 5.32 Å². The highest BCUT2D eigenvalue weighted by molar-refractivity contribution is 6.38. The molecule has 1 aromatic carbocycles. The van der Waals surface area contributed by atoms with Crippen LogP contribution in [-0.2, 0) is 38.3 Å². The summed E-state index contributed by atoms with van der Waals surface area (Å²) in [5.41, 5.74) is -0.392. The van der Waals surface area contributed by atoms with Crippen molar-refractivity contribution in [2.24, 2.45) is 28.6 Å². The monoisotopic (exact) mass is 697 g/mol. The first-order chi connectivity index (χ1) is 23.0. The van der Waals surface area contributed by atoms with Gasteiger partial charge in [-0.3, -0.25) is 33.6 Å². The molecule has 11 nitrogen and oxygen atoms in total. The molecular formula is C39H59N3O8. The fourth-order valence-corrected chi connectivity index (χ4v) is 6.46. The van der Waals surface area contributed by atoms with Gasteiger partial charge in [-0.15, -0.1) is 0 Å². The first kappa shape index (κ1) is 42.3. The van der Waals surface area contributed by atoms with Crippen LogP contribution in [0, 0.1) is 28.6 Å².